The molecule has 1 aromatic carbocycles. The molecular weight excluding hydrogens is 436 g/mol. The summed E-state index contributed by atoms with van der Waals surface area (Å²) in [4.78, 5) is 28.9. The number of para-hydroxylation sites is 2. The number of carbonyl (C=O) groups is 2. The number of aryl methyl sites for hydroxylation is 1. The zero-order chi connectivity index (χ0) is 23.4. The van der Waals surface area contributed by atoms with Crippen molar-refractivity contribution in [2.75, 3.05) is 23.7 Å². The van der Waals surface area contributed by atoms with Gasteiger partial charge in [0.2, 0.25) is 11.8 Å². The molecule has 0 saturated carbocycles. The Hall–Kier alpha value is -2.89. The van der Waals surface area contributed by atoms with Crippen LogP contribution in [0.5, 0.6) is 5.75 Å². The number of phenols is 1. The van der Waals surface area contributed by atoms with Crippen molar-refractivity contribution >= 4 is 33.8 Å². The van der Waals surface area contributed by atoms with Crippen LogP contribution < -0.4 is 10.6 Å². The fourth-order valence-electron chi connectivity index (χ4n) is 4.69. The zero-order valence-electron chi connectivity index (χ0n) is 18.9. The first-order valence-electron chi connectivity index (χ1n) is 11.7. The molecule has 2 aliphatic rings. The summed E-state index contributed by atoms with van der Waals surface area (Å²) in [5, 5.41) is 26.1. The number of piperidine rings is 1. The average Bonchev–Trinajstić information content (AvgIpc) is 2.98. The van der Waals surface area contributed by atoms with Crippen molar-refractivity contribution in [2.24, 2.45) is 5.92 Å². The summed E-state index contributed by atoms with van der Waals surface area (Å²) >= 11 is 1.55. The Morgan fingerprint density at radius 2 is 1.88 bits per heavy atom. The van der Waals surface area contributed by atoms with Crippen LogP contribution in [0.15, 0.2) is 24.3 Å². The molecule has 0 spiro atoms. The summed E-state index contributed by atoms with van der Waals surface area (Å²) in [7, 11) is 0. The number of rotatable bonds is 5. The fraction of sp³-hybridized carbons (Fsp3) is 0.480. The Morgan fingerprint density at radius 1 is 1.15 bits per heavy atom. The van der Waals surface area contributed by atoms with E-state index in [0.29, 0.717) is 42.2 Å². The van der Waals surface area contributed by atoms with Crippen LogP contribution in [0.3, 0.4) is 0 Å². The number of nitrogens with one attached hydrogen (secondary N) is 2. The molecule has 1 aromatic heterocycles. The number of carbonyl (C=O) groups excluding carboxylic acids is 2. The van der Waals surface area contributed by atoms with Crippen LogP contribution in [0.1, 0.15) is 55.0 Å². The van der Waals surface area contributed by atoms with Gasteiger partial charge in [0.15, 0.2) is 0 Å². The number of hydrogen-bond acceptors (Lipinski definition) is 6. The molecule has 8 heteroatoms. The molecule has 33 heavy (non-hydrogen) atoms. The summed E-state index contributed by atoms with van der Waals surface area (Å²) in [6.45, 7) is 3.15. The monoisotopic (exact) mass is 466 g/mol. The molecule has 1 aliphatic carbocycles. The van der Waals surface area contributed by atoms with Gasteiger partial charge in [0.25, 0.3) is 0 Å². The predicted molar refractivity (Wildman–Crippen MR) is 129 cm³/mol. The first kappa shape index (κ1) is 23.3. The molecule has 7 nitrogen and oxygen atoms in total. The number of aromatic hydroxyl groups is 1. The number of nitriles is 1. The molecule has 2 amide bonds. The Balaban J connectivity index is 1.33. The van der Waals surface area contributed by atoms with E-state index in [1.807, 2.05) is 6.92 Å². The third kappa shape index (κ3) is 5.21. The molecule has 1 saturated heterocycles. The van der Waals surface area contributed by atoms with Gasteiger partial charge in [-0.1, -0.05) is 18.6 Å². The minimum atomic E-state index is -0.347. The lowest BCUT2D eigenvalue weighted by Gasteiger charge is -2.34. The minimum absolute atomic E-state index is 0.0520. The first-order valence-corrected chi connectivity index (χ1v) is 12.5. The summed E-state index contributed by atoms with van der Waals surface area (Å²) < 4.78 is 0. The van der Waals surface area contributed by atoms with Gasteiger partial charge in [-0.25, -0.2) is 0 Å². The smallest absolute Gasteiger partial charge is 0.242 e. The standard InChI is InChI=1S/C25H30N4O3S/c1-16(23(31)28-25-19(15-26)18-7-3-2-4-10-22(18)33-25)29-13-11-17(12-14-29)24(32)27-20-8-5-6-9-21(20)30/h5-6,8-9,16-17,30H,2-4,7,10-14H2,1H3,(H,27,32)(H,28,31)/t16-/m1/s1. The molecule has 174 valence electrons. The maximum atomic E-state index is 13.0. The highest BCUT2D eigenvalue weighted by Gasteiger charge is 2.31. The highest BCUT2D eigenvalue weighted by Crippen LogP contribution is 2.37. The van der Waals surface area contributed by atoms with Crippen molar-refractivity contribution in [1.82, 2.24) is 4.90 Å². The van der Waals surface area contributed by atoms with Crippen LogP contribution in [0.2, 0.25) is 0 Å². The van der Waals surface area contributed by atoms with E-state index in [1.54, 1.807) is 35.6 Å². The van der Waals surface area contributed by atoms with Gasteiger partial charge in [0.1, 0.15) is 16.8 Å². The van der Waals surface area contributed by atoms with Crippen molar-refractivity contribution in [2.45, 2.75) is 57.9 Å². The second-order valence-corrected chi connectivity index (χ2v) is 9.97. The Labute approximate surface area is 198 Å². The minimum Gasteiger partial charge on any atom is -0.506 e. The third-order valence-corrected chi connectivity index (χ3v) is 7.97. The van der Waals surface area contributed by atoms with Crippen LogP contribution in [-0.4, -0.2) is 41.0 Å². The van der Waals surface area contributed by atoms with E-state index in [1.165, 1.54) is 11.3 Å². The lowest BCUT2D eigenvalue weighted by molar-refractivity contribution is -0.123. The van der Waals surface area contributed by atoms with Gasteiger partial charge in [-0.3, -0.25) is 14.5 Å². The van der Waals surface area contributed by atoms with E-state index in [2.05, 4.69) is 21.6 Å². The van der Waals surface area contributed by atoms with Gasteiger partial charge in [-0.2, -0.15) is 5.26 Å². The molecule has 2 heterocycles. The SMILES string of the molecule is C[C@H](C(=O)Nc1sc2c(c1C#N)CCCCC2)N1CCC(C(=O)Nc2ccccc2O)CC1. The molecule has 1 aliphatic heterocycles. The number of phenolic OH excluding ortho intramolecular Hbond substituents is 1. The van der Waals surface area contributed by atoms with E-state index in [0.717, 1.165) is 31.2 Å². The molecule has 0 unspecified atom stereocenters. The van der Waals surface area contributed by atoms with E-state index in [9.17, 15) is 20.0 Å². The fourth-order valence-corrected chi connectivity index (χ4v) is 5.94. The molecule has 0 bridgehead atoms. The number of benzene rings is 1. The molecular formula is C25H30N4O3S. The zero-order valence-corrected chi connectivity index (χ0v) is 19.7. The quantitative estimate of drug-likeness (QED) is 0.451. The van der Waals surface area contributed by atoms with Crippen molar-refractivity contribution < 1.29 is 14.7 Å². The molecule has 4 rings (SSSR count). The Morgan fingerprint density at radius 3 is 2.61 bits per heavy atom. The predicted octanol–water partition coefficient (Wildman–Crippen LogP) is 4.27. The highest BCUT2D eigenvalue weighted by atomic mass is 32.1. The van der Waals surface area contributed by atoms with E-state index < -0.39 is 0 Å². The molecule has 3 N–H and O–H groups in total. The normalized spacial score (nSPS) is 17.9. The lowest BCUT2D eigenvalue weighted by Crippen LogP contribution is -2.47. The van der Waals surface area contributed by atoms with Crippen LogP contribution in [0.4, 0.5) is 10.7 Å². The first-order chi connectivity index (χ1) is 16.0. The lowest BCUT2D eigenvalue weighted by atomic mass is 9.94. The van der Waals surface area contributed by atoms with Crippen LogP contribution >= 0.6 is 11.3 Å². The number of amides is 2. The van der Waals surface area contributed by atoms with Gasteiger partial charge < -0.3 is 15.7 Å². The number of fused-ring (bicyclic) bond motifs is 1. The summed E-state index contributed by atoms with van der Waals surface area (Å²) in [5.41, 5.74) is 2.18. The molecule has 1 atom stereocenters. The van der Waals surface area contributed by atoms with Crippen molar-refractivity contribution in [3.8, 4) is 11.8 Å². The second-order valence-electron chi connectivity index (χ2n) is 8.86. The topological polar surface area (TPSA) is 105 Å². The molecule has 2 aromatic rings. The van der Waals surface area contributed by atoms with Crippen LogP contribution in [-0.2, 0) is 22.4 Å². The van der Waals surface area contributed by atoms with Gasteiger partial charge in [0, 0.05) is 10.8 Å². The van der Waals surface area contributed by atoms with Gasteiger partial charge in [-0.15, -0.1) is 11.3 Å². The Bertz CT molecular complexity index is 1070. The largest absolute Gasteiger partial charge is 0.506 e. The molecule has 0 radical (unpaired) electrons. The van der Waals surface area contributed by atoms with Gasteiger partial charge in [0.05, 0.1) is 17.3 Å². The van der Waals surface area contributed by atoms with Crippen LogP contribution in [0, 0.1) is 17.2 Å². The number of likely N-dealkylation sites (tertiary alicyclic amines) is 1. The summed E-state index contributed by atoms with van der Waals surface area (Å²) in [5.74, 6) is -0.322. The molecule has 1 fully saturated rings. The van der Waals surface area contributed by atoms with E-state index in [-0.39, 0.29) is 29.5 Å². The van der Waals surface area contributed by atoms with Gasteiger partial charge in [-0.05, 0) is 76.2 Å². The van der Waals surface area contributed by atoms with Crippen molar-refractivity contribution in [3.05, 3.63) is 40.3 Å². The van der Waals surface area contributed by atoms with Gasteiger partial charge >= 0.3 is 0 Å². The maximum absolute atomic E-state index is 13.0. The number of thiophene rings is 1. The number of nitrogens with zero attached hydrogens (tertiary/aromatic N) is 2. The van der Waals surface area contributed by atoms with Crippen molar-refractivity contribution in [1.29, 1.82) is 5.26 Å². The van der Waals surface area contributed by atoms with Crippen LogP contribution in [0.25, 0.3) is 0 Å². The van der Waals surface area contributed by atoms with Crippen molar-refractivity contribution in [3.63, 3.8) is 0 Å². The third-order valence-electron chi connectivity index (χ3n) is 6.76. The summed E-state index contributed by atoms with van der Waals surface area (Å²) in [6, 6.07) is 8.67. The number of hydrogen-bond donors (Lipinski definition) is 3. The number of anilines is 2. The Kier molecular flexibility index (Phi) is 7.31. The highest BCUT2D eigenvalue weighted by molar-refractivity contribution is 7.16. The van der Waals surface area contributed by atoms with E-state index >= 15 is 0 Å². The maximum Gasteiger partial charge on any atom is 0.242 e. The summed E-state index contributed by atoms with van der Waals surface area (Å²) in [6.07, 6.45) is 6.60. The second kappa shape index (κ2) is 10.4. The van der Waals surface area contributed by atoms with E-state index in [4.69, 9.17) is 0 Å². The average molecular weight is 467 g/mol.